The monoisotopic (exact) mass is 443 g/mol. The molecule has 1 aliphatic heterocycles. The number of anilines is 1. The highest BCUT2D eigenvalue weighted by atomic mass is 19.1. The number of imidazole rings is 1. The Morgan fingerprint density at radius 1 is 1.00 bits per heavy atom. The molecule has 0 atom stereocenters. The normalized spacial score (nSPS) is 14.1. The molecular formula is C26H26FN5O. The number of nitrogens with zero attached hydrogens (tertiary/aromatic N) is 5. The van der Waals surface area contributed by atoms with E-state index < -0.39 is 0 Å². The maximum Gasteiger partial charge on any atom is 0.253 e. The number of aromatic nitrogens is 3. The molecule has 1 fully saturated rings. The average molecular weight is 444 g/mol. The lowest BCUT2D eigenvalue weighted by Gasteiger charge is -2.36. The molecule has 5 rings (SSSR count). The van der Waals surface area contributed by atoms with Gasteiger partial charge in [-0.3, -0.25) is 4.79 Å². The molecule has 1 saturated heterocycles. The van der Waals surface area contributed by atoms with Crippen molar-refractivity contribution in [3.8, 4) is 11.4 Å². The van der Waals surface area contributed by atoms with E-state index >= 15 is 0 Å². The molecule has 0 spiro atoms. The van der Waals surface area contributed by atoms with E-state index in [1.54, 1.807) is 18.3 Å². The van der Waals surface area contributed by atoms with Gasteiger partial charge in [-0.1, -0.05) is 31.2 Å². The summed E-state index contributed by atoms with van der Waals surface area (Å²) in [5.41, 5.74) is 3.83. The second-order valence-electron chi connectivity index (χ2n) is 8.24. The lowest BCUT2D eigenvalue weighted by atomic mass is 10.1. The van der Waals surface area contributed by atoms with E-state index in [2.05, 4.69) is 16.5 Å². The minimum atomic E-state index is -0.227. The van der Waals surface area contributed by atoms with Crippen molar-refractivity contribution < 1.29 is 9.18 Å². The first-order chi connectivity index (χ1) is 16.2. The number of piperazine rings is 1. The molecule has 1 aliphatic rings. The first-order valence-electron chi connectivity index (χ1n) is 11.4. The number of para-hydroxylation sites is 1. The Bertz CT molecular complexity index is 1290. The van der Waals surface area contributed by atoms with Crippen molar-refractivity contribution in [2.24, 2.45) is 0 Å². The maximum atomic E-state index is 14.1. The van der Waals surface area contributed by atoms with Crippen LogP contribution in [0, 0.1) is 5.82 Å². The fourth-order valence-electron chi connectivity index (χ4n) is 4.45. The van der Waals surface area contributed by atoms with Gasteiger partial charge in [0.2, 0.25) is 0 Å². The number of carbonyl (C=O) groups is 1. The van der Waals surface area contributed by atoms with E-state index in [4.69, 9.17) is 4.98 Å². The van der Waals surface area contributed by atoms with Crippen molar-refractivity contribution in [1.82, 2.24) is 19.4 Å². The van der Waals surface area contributed by atoms with Crippen LogP contribution in [0.2, 0.25) is 0 Å². The molecule has 2 aromatic carbocycles. The van der Waals surface area contributed by atoms with Crippen LogP contribution in [-0.2, 0) is 6.54 Å². The van der Waals surface area contributed by atoms with Crippen molar-refractivity contribution in [3.63, 3.8) is 0 Å². The average Bonchev–Trinajstić information content (AvgIpc) is 3.23. The Hall–Kier alpha value is -3.74. The minimum Gasteiger partial charge on any atom is -0.366 e. The van der Waals surface area contributed by atoms with Crippen LogP contribution in [0.1, 0.15) is 23.7 Å². The molecule has 0 aliphatic carbocycles. The predicted molar refractivity (Wildman–Crippen MR) is 128 cm³/mol. The summed E-state index contributed by atoms with van der Waals surface area (Å²) in [7, 11) is 0. The third-order valence-electron chi connectivity index (χ3n) is 6.08. The van der Waals surface area contributed by atoms with E-state index in [0.717, 1.165) is 35.5 Å². The topological polar surface area (TPSA) is 54.3 Å². The Kier molecular flexibility index (Phi) is 5.77. The quantitative estimate of drug-likeness (QED) is 0.452. The van der Waals surface area contributed by atoms with E-state index in [-0.39, 0.29) is 11.7 Å². The molecule has 168 valence electrons. The summed E-state index contributed by atoms with van der Waals surface area (Å²) in [5, 5.41) is 0. The van der Waals surface area contributed by atoms with Crippen molar-refractivity contribution in [2.45, 2.75) is 19.9 Å². The van der Waals surface area contributed by atoms with Gasteiger partial charge in [-0.05, 0) is 42.8 Å². The van der Waals surface area contributed by atoms with Gasteiger partial charge < -0.3 is 14.4 Å². The van der Waals surface area contributed by atoms with Crippen molar-refractivity contribution in [1.29, 1.82) is 0 Å². The second-order valence-corrected chi connectivity index (χ2v) is 8.24. The number of benzene rings is 2. The summed E-state index contributed by atoms with van der Waals surface area (Å²) >= 11 is 0. The zero-order valence-electron chi connectivity index (χ0n) is 18.6. The summed E-state index contributed by atoms with van der Waals surface area (Å²) in [4.78, 5) is 26.4. The highest BCUT2D eigenvalue weighted by Crippen LogP contribution is 2.26. The Balaban J connectivity index is 1.37. The number of aryl methyl sites for hydroxylation is 1. The van der Waals surface area contributed by atoms with Crippen LogP contribution in [0.25, 0.3) is 22.6 Å². The van der Waals surface area contributed by atoms with Gasteiger partial charge in [0, 0.05) is 50.0 Å². The lowest BCUT2D eigenvalue weighted by Crippen LogP contribution is -2.49. The molecule has 0 unspecified atom stereocenters. The van der Waals surface area contributed by atoms with Gasteiger partial charge in [0.05, 0.1) is 5.69 Å². The third kappa shape index (κ3) is 4.06. The summed E-state index contributed by atoms with van der Waals surface area (Å²) in [6.45, 7) is 5.23. The number of rotatable bonds is 5. The van der Waals surface area contributed by atoms with Crippen molar-refractivity contribution in [3.05, 3.63) is 78.2 Å². The summed E-state index contributed by atoms with van der Waals surface area (Å²) in [6, 6.07) is 18.3. The number of amides is 1. The van der Waals surface area contributed by atoms with E-state index in [0.29, 0.717) is 37.4 Å². The van der Waals surface area contributed by atoms with Gasteiger partial charge in [0.15, 0.2) is 5.65 Å². The lowest BCUT2D eigenvalue weighted by molar-refractivity contribution is 0.0746. The molecule has 0 radical (unpaired) electrons. The number of hydrogen-bond donors (Lipinski definition) is 0. The molecule has 3 heterocycles. The molecule has 4 aromatic rings. The first kappa shape index (κ1) is 21.1. The Morgan fingerprint density at radius 3 is 2.61 bits per heavy atom. The van der Waals surface area contributed by atoms with Gasteiger partial charge in [0.1, 0.15) is 17.2 Å². The molecule has 0 bridgehead atoms. The molecule has 2 aromatic heterocycles. The first-order valence-corrected chi connectivity index (χ1v) is 11.4. The molecule has 0 N–H and O–H groups in total. The summed E-state index contributed by atoms with van der Waals surface area (Å²) < 4.78 is 16.2. The zero-order chi connectivity index (χ0) is 22.8. The predicted octanol–water partition coefficient (Wildman–Crippen LogP) is 4.61. The highest BCUT2D eigenvalue weighted by Gasteiger charge is 2.24. The fourth-order valence-corrected chi connectivity index (χ4v) is 4.45. The van der Waals surface area contributed by atoms with E-state index in [1.165, 1.54) is 6.07 Å². The number of carbonyl (C=O) groups excluding carboxylic acids is 1. The summed E-state index contributed by atoms with van der Waals surface area (Å²) in [6.07, 6.45) is 2.74. The standard InChI is InChI=1S/C26H26FN5O/c1-2-13-32-24(29-22-10-6-12-28-25(22)32)19-7-5-8-20(18-19)26(33)31-16-14-30(15-17-31)23-11-4-3-9-21(23)27/h3-12,18H,2,13-17H2,1H3. The Labute approximate surface area is 192 Å². The highest BCUT2D eigenvalue weighted by molar-refractivity contribution is 5.95. The van der Waals surface area contributed by atoms with Crippen molar-refractivity contribution in [2.75, 3.05) is 31.1 Å². The van der Waals surface area contributed by atoms with Crippen LogP contribution in [0.4, 0.5) is 10.1 Å². The second kappa shape index (κ2) is 9.02. The minimum absolute atomic E-state index is 0.0127. The molecule has 1 amide bonds. The van der Waals surface area contributed by atoms with Gasteiger partial charge >= 0.3 is 0 Å². The molecule has 7 heteroatoms. The SMILES string of the molecule is CCCn1c(-c2cccc(C(=O)N3CCN(c4ccccc4F)CC3)c2)nc2cccnc21. The van der Waals surface area contributed by atoms with Gasteiger partial charge in [-0.15, -0.1) is 0 Å². The van der Waals surface area contributed by atoms with E-state index in [1.807, 2.05) is 52.3 Å². The number of hydrogen-bond acceptors (Lipinski definition) is 4. The summed E-state index contributed by atoms with van der Waals surface area (Å²) in [5.74, 6) is 0.584. The fraction of sp³-hybridized carbons (Fsp3) is 0.269. The maximum absolute atomic E-state index is 14.1. The number of fused-ring (bicyclic) bond motifs is 1. The van der Waals surface area contributed by atoms with Crippen LogP contribution in [0.5, 0.6) is 0 Å². The smallest absolute Gasteiger partial charge is 0.253 e. The largest absolute Gasteiger partial charge is 0.366 e. The van der Waals surface area contributed by atoms with Crippen LogP contribution in [0.15, 0.2) is 66.9 Å². The van der Waals surface area contributed by atoms with Crippen LogP contribution in [0.3, 0.4) is 0 Å². The van der Waals surface area contributed by atoms with E-state index in [9.17, 15) is 9.18 Å². The molecular weight excluding hydrogens is 417 g/mol. The number of pyridine rings is 1. The Morgan fingerprint density at radius 2 is 1.82 bits per heavy atom. The number of halogens is 1. The molecule has 0 saturated carbocycles. The van der Waals surface area contributed by atoms with Crippen LogP contribution >= 0.6 is 0 Å². The molecule has 6 nitrogen and oxygen atoms in total. The van der Waals surface area contributed by atoms with Crippen LogP contribution < -0.4 is 4.90 Å². The van der Waals surface area contributed by atoms with Crippen molar-refractivity contribution >= 4 is 22.8 Å². The van der Waals surface area contributed by atoms with Crippen LogP contribution in [-0.4, -0.2) is 51.5 Å². The van der Waals surface area contributed by atoms with Gasteiger partial charge in [0.25, 0.3) is 5.91 Å². The molecule has 33 heavy (non-hydrogen) atoms. The van der Waals surface area contributed by atoms with Gasteiger partial charge in [-0.2, -0.15) is 0 Å². The van der Waals surface area contributed by atoms with Gasteiger partial charge in [-0.25, -0.2) is 14.4 Å². The zero-order valence-corrected chi connectivity index (χ0v) is 18.6. The third-order valence-corrected chi connectivity index (χ3v) is 6.08.